The summed E-state index contributed by atoms with van der Waals surface area (Å²) < 4.78 is 6.03. The first-order valence-corrected chi connectivity index (χ1v) is 12.6. The van der Waals surface area contributed by atoms with Gasteiger partial charge in [0.05, 0.1) is 12.2 Å². The van der Waals surface area contributed by atoms with E-state index in [1.807, 2.05) is 53.6 Å². The van der Waals surface area contributed by atoms with Crippen LogP contribution in [0, 0.1) is 20.8 Å². The fraction of sp³-hybridized carbons (Fsp3) is 0.407. The number of thiazole rings is 1. The molecule has 33 heavy (non-hydrogen) atoms. The summed E-state index contributed by atoms with van der Waals surface area (Å²) in [5, 5.41) is 2.97. The fourth-order valence-corrected chi connectivity index (χ4v) is 4.80. The second kappa shape index (κ2) is 10.9. The van der Waals surface area contributed by atoms with Gasteiger partial charge in [-0.15, -0.1) is 11.3 Å². The molecule has 0 saturated carbocycles. The molecule has 0 N–H and O–H groups in total. The summed E-state index contributed by atoms with van der Waals surface area (Å²) in [6, 6.07) is 13.9. The van der Waals surface area contributed by atoms with Crippen LogP contribution < -0.4 is 4.74 Å². The van der Waals surface area contributed by atoms with E-state index in [0.717, 1.165) is 52.8 Å². The van der Waals surface area contributed by atoms with Gasteiger partial charge in [0.1, 0.15) is 17.4 Å². The minimum absolute atomic E-state index is 0.0652. The van der Waals surface area contributed by atoms with Gasteiger partial charge in [0, 0.05) is 24.0 Å². The van der Waals surface area contributed by atoms with Gasteiger partial charge in [0.25, 0.3) is 5.91 Å². The molecule has 6 heteroatoms. The van der Waals surface area contributed by atoms with E-state index in [4.69, 9.17) is 9.72 Å². The van der Waals surface area contributed by atoms with Crippen molar-refractivity contribution in [3.8, 4) is 5.75 Å². The fourth-order valence-electron chi connectivity index (χ4n) is 4.10. The Morgan fingerprint density at radius 2 is 1.85 bits per heavy atom. The topological polar surface area (TPSA) is 45.7 Å². The van der Waals surface area contributed by atoms with Gasteiger partial charge in [0.2, 0.25) is 0 Å². The quantitative estimate of drug-likeness (QED) is 0.427. The highest BCUT2D eigenvalue weighted by Crippen LogP contribution is 2.23. The van der Waals surface area contributed by atoms with Crippen LogP contribution in [0.25, 0.3) is 0 Å². The van der Waals surface area contributed by atoms with Crippen molar-refractivity contribution in [3.63, 3.8) is 0 Å². The van der Waals surface area contributed by atoms with Crippen LogP contribution in [0.3, 0.4) is 0 Å². The van der Waals surface area contributed by atoms with E-state index in [9.17, 15) is 4.79 Å². The lowest BCUT2D eigenvalue weighted by atomic mass is 10.1. The standard InChI is InChI=1S/C27H33N3O2S/c1-20-9-11-23(12-10-20)27(31)30(16-15-29-13-4-5-14-29)17-24-19-33-26(28-24)18-32-25-8-6-7-21(2)22(25)3/h6-12,19H,4-5,13-18H2,1-3H3. The molecule has 1 fully saturated rings. The Morgan fingerprint density at radius 1 is 1.09 bits per heavy atom. The van der Waals surface area contributed by atoms with Crippen LogP contribution in [0.2, 0.25) is 0 Å². The van der Waals surface area contributed by atoms with Crippen molar-refractivity contribution >= 4 is 17.2 Å². The van der Waals surface area contributed by atoms with E-state index in [1.54, 1.807) is 11.3 Å². The smallest absolute Gasteiger partial charge is 0.254 e. The zero-order valence-electron chi connectivity index (χ0n) is 19.8. The molecule has 2 heterocycles. The van der Waals surface area contributed by atoms with Crippen molar-refractivity contribution in [3.05, 3.63) is 80.8 Å². The number of ether oxygens (including phenoxy) is 1. The van der Waals surface area contributed by atoms with Gasteiger partial charge in [-0.3, -0.25) is 4.79 Å². The first-order valence-electron chi connectivity index (χ1n) is 11.7. The molecule has 5 nitrogen and oxygen atoms in total. The third-order valence-corrected chi connectivity index (χ3v) is 7.20. The number of nitrogens with zero attached hydrogens (tertiary/aromatic N) is 3. The first-order chi connectivity index (χ1) is 16.0. The number of carbonyl (C=O) groups is 1. The lowest BCUT2D eigenvalue weighted by Crippen LogP contribution is -2.37. The average Bonchev–Trinajstić information content (AvgIpc) is 3.50. The Kier molecular flexibility index (Phi) is 7.78. The second-order valence-corrected chi connectivity index (χ2v) is 9.80. The summed E-state index contributed by atoms with van der Waals surface area (Å²) in [5.74, 6) is 0.962. The number of hydrogen-bond donors (Lipinski definition) is 0. The molecule has 3 aromatic rings. The molecule has 1 aromatic heterocycles. The summed E-state index contributed by atoms with van der Waals surface area (Å²) in [5.41, 5.74) is 5.18. The van der Waals surface area contributed by atoms with Gasteiger partial charge in [-0.2, -0.15) is 0 Å². The number of carbonyl (C=O) groups excluding carboxylic acids is 1. The molecule has 1 saturated heterocycles. The summed E-state index contributed by atoms with van der Waals surface area (Å²) in [6.45, 7) is 11.0. The Labute approximate surface area is 201 Å². The lowest BCUT2D eigenvalue weighted by molar-refractivity contribution is 0.0725. The predicted molar refractivity (Wildman–Crippen MR) is 134 cm³/mol. The van der Waals surface area contributed by atoms with Crippen LogP contribution in [0.5, 0.6) is 5.75 Å². The summed E-state index contributed by atoms with van der Waals surface area (Å²) in [7, 11) is 0. The minimum atomic E-state index is 0.0652. The molecule has 0 aliphatic carbocycles. The van der Waals surface area contributed by atoms with Gasteiger partial charge in [-0.05, 0) is 76.0 Å². The number of aromatic nitrogens is 1. The normalized spacial score (nSPS) is 13.9. The van der Waals surface area contributed by atoms with Gasteiger partial charge < -0.3 is 14.5 Å². The third kappa shape index (κ3) is 6.21. The summed E-state index contributed by atoms with van der Waals surface area (Å²) >= 11 is 1.59. The van der Waals surface area contributed by atoms with Gasteiger partial charge >= 0.3 is 0 Å². The van der Waals surface area contributed by atoms with Gasteiger partial charge in [-0.1, -0.05) is 29.8 Å². The number of likely N-dealkylation sites (tertiary alicyclic amines) is 1. The number of aryl methyl sites for hydroxylation is 2. The molecule has 1 aliphatic rings. The average molecular weight is 464 g/mol. The highest BCUT2D eigenvalue weighted by molar-refractivity contribution is 7.09. The highest BCUT2D eigenvalue weighted by Gasteiger charge is 2.20. The molecular weight excluding hydrogens is 430 g/mol. The van der Waals surface area contributed by atoms with Crippen molar-refractivity contribution in [1.82, 2.24) is 14.8 Å². The number of rotatable bonds is 9. The molecule has 1 aliphatic heterocycles. The largest absolute Gasteiger partial charge is 0.486 e. The predicted octanol–water partition coefficient (Wildman–Crippen LogP) is 5.39. The van der Waals surface area contributed by atoms with E-state index < -0.39 is 0 Å². The summed E-state index contributed by atoms with van der Waals surface area (Å²) in [6.07, 6.45) is 2.50. The molecule has 1 amide bonds. The Morgan fingerprint density at radius 3 is 2.61 bits per heavy atom. The third-order valence-electron chi connectivity index (χ3n) is 6.33. The molecule has 2 aromatic carbocycles. The molecule has 0 bridgehead atoms. The molecule has 174 valence electrons. The van der Waals surface area contributed by atoms with Crippen LogP contribution in [0.1, 0.15) is 50.6 Å². The van der Waals surface area contributed by atoms with Crippen molar-refractivity contribution < 1.29 is 9.53 Å². The second-order valence-electron chi connectivity index (χ2n) is 8.86. The Hall–Kier alpha value is -2.70. The number of benzene rings is 2. The maximum absolute atomic E-state index is 13.3. The molecule has 0 unspecified atom stereocenters. The summed E-state index contributed by atoms with van der Waals surface area (Å²) in [4.78, 5) is 22.5. The monoisotopic (exact) mass is 463 g/mol. The van der Waals surface area contributed by atoms with E-state index in [0.29, 0.717) is 19.7 Å². The SMILES string of the molecule is Cc1ccc(C(=O)N(CCN2CCCC2)Cc2csc(COc3cccc(C)c3C)n2)cc1. The lowest BCUT2D eigenvalue weighted by Gasteiger charge is -2.25. The Bertz CT molecular complexity index is 1070. The van der Waals surface area contributed by atoms with Crippen molar-refractivity contribution in [1.29, 1.82) is 0 Å². The number of hydrogen-bond acceptors (Lipinski definition) is 5. The van der Waals surface area contributed by atoms with E-state index in [-0.39, 0.29) is 5.91 Å². The van der Waals surface area contributed by atoms with Crippen LogP contribution >= 0.6 is 11.3 Å². The Balaban J connectivity index is 1.42. The maximum Gasteiger partial charge on any atom is 0.254 e. The van der Waals surface area contributed by atoms with Gasteiger partial charge in [-0.25, -0.2) is 4.98 Å². The van der Waals surface area contributed by atoms with Crippen molar-refractivity contribution in [2.24, 2.45) is 0 Å². The van der Waals surface area contributed by atoms with Crippen LogP contribution in [0.4, 0.5) is 0 Å². The van der Waals surface area contributed by atoms with E-state index in [2.05, 4.69) is 24.8 Å². The molecule has 0 spiro atoms. The molecule has 0 radical (unpaired) electrons. The van der Waals surface area contributed by atoms with E-state index >= 15 is 0 Å². The zero-order chi connectivity index (χ0) is 23.2. The maximum atomic E-state index is 13.3. The van der Waals surface area contributed by atoms with Crippen molar-refractivity contribution in [2.75, 3.05) is 26.2 Å². The highest BCUT2D eigenvalue weighted by atomic mass is 32.1. The molecule has 4 rings (SSSR count). The molecule has 0 atom stereocenters. The van der Waals surface area contributed by atoms with E-state index in [1.165, 1.54) is 18.4 Å². The van der Waals surface area contributed by atoms with Crippen LogP contribution in [-0.2, 0) is 13.2 Å². The molecular formula is C27H33N3O2S. The number of amides is 1. The van der Waals surface area contributed by atoms with Crippen LogP contribution in [0.15, 0.2) is 47.8 Å². The minimum Gasteiger partial charge on any atom is -0.486 e. The first kappa shape index (κ1) is 23.5. The van der Waals surface area contributed by atoms with Crippen LogP contribution in [-0.4, -0.2) is 46.9 Å². The van der Waals surface area contributed by atoms with Gasteiger partial charge in [0.15, 0.2) is 0 Å². The zero-order valence-corrected chi connectivity index (χ0v) is 20.7. The van der Waals surface area contributed by atoms with Crippen molar-refractivity contribution in [2.45, 2.75) is 46.8 Å².